The Balaban J connectivity index is 1.55. The summed E-state index contributed by atoms with van der Waals surface area (Å²) in [6, 6.07) is 10.4. The fourth-order valence-corrected chi connectivity index (χ4v) is 3.28. The fourth-order valence-electron chi connectivity index (χ4n) is 3.28. The zero-order chi connectivity index (χ0) is 17.7. The Hall–Kier alpha value is -3.48. The van der Waals surface area contributed by atoms with Crippen molar-refractivity contribution in [1.82, 2.24) is 34.2 Å². The molecule has 0 radical (unpaired) electrons. The highest BCUT2D eigenvalue weighted by Gasteiger charge is 2.10. The number of nitrogens with zero attached hydrogens (tertiary/aromatic N) is 7. The van der Waals surface area contributed by atoms with Gasteiger partial charge in [-0.15, -0.1) is 0 Å². The minimum absolute atomic E-state index is 0.759. The number of imidazole rings is 1. The molecule has 0 N–H and O–H groups in total. The Labute approximate surface area is 149 Å². The second-order valence-electron chi connectivity index (χ2n) is 6.48. The molecule has 26 heavy (non-hydrogen) atoms. The topological polar surface area (TPSA) is 65.8 Å². The molecule has 7 nitrogen and oxygen atoms in total. The van der Waals surface area contributed by atoms with Crippen molar-refractivity contribution in [2.24, 2.45) is 14.1 Å². The van der Waals surface area contributed by atoms with Gasteiger partial charge in [-0.05, 0) is 29.8 Å². The highest BCUT2D eigenvalue weighted by Crippen LogP contribution is 2.20. The maximum atomic E-state index is 4.77. The van der Waals surface area contributed by atoms with E-state index < -0.39 is 0 Å². The van der Waals surface area contributed by atoms with Crippen LogP contribution >= 0.6 is 0 Å². The third-order valence-electron chi connectivity index (χ3n) is 4.63. The van der Waals surface area contributed by atoms with E-state index in [0.29, 0.717) is 0 Å². The number of aryl methyl sites for hydroxylation is 2. The van der Waals surface area contributed by atoms with Crippen LogP contribution in [0.5, 0.6) is 0 Å². The summed E-state index contributed by atoms with van der Waals surface area (Å²) in [4.78, 5) is 4.48. The Kier molecular flexibility index (Phi) is 3.15. The molecule has 0 saturated carbocycles. The van der Waals surface area contributed by atoms with Gasteiger partial charge in [-0.1, -0.05) is 6.07 Å². The van der Waals surface area contributed by atoms with Crippen LogP contribution < -0.4 is 0 Å². The van der Waals surface area contributed by atoms with Crippen LogP contribution in [0.1, 0.15) is 11.3 Å². The lowest BCUT2D eigenvalue weighted by Crippen LogP contribution is -2.00. The molecule has 0 unspecified atom stereocenters. The van der Waals surface area contributed by atoms with Crippen LogP contribution in [0, 0.1) is 0 Å². The molecule has 0 aliphatic carbocycles. The average Bonchev–Trinajstić information content (AvgIpc) is 3.35. The summed E-state index contributed by atoms with van der Waals surface area (Å²) in [5.41, 5.74) is 6.10. The van der Waals surface area contributed by atoms with E-state index in [1.165, 1.54) is 5.56 Å². The highest BCUT2D eigenvalue weighted by molar-refractivity contribution is 5.79. The van der Waals surface area contributed by atoms with Crippen LogP contribution in [0.2, 0.25) is 0 Å². The van der Waals surface area contributed by atoms with Gasteiger partial charge in [-0.3, -0.25) is 9.36 Å². The molecule has 0 saturated heterocycles. The molecule has 7 heteroatoms. The first-order valence-electron chi connectivity index (χ1n) is 8.41. The number of rotatable bonds is 3. The van der Waals surface area contributed by atoms with Gasteiger partial charge < -0.3 is 0 Å². The molecule has 1 aromatic carbocycles. The van der Waals surface area contributed by atoms with Gasteiger partial charge in [0.25, 0.3) is 0 Å². The van der Waals surface area contributed by atoms with E-state index in [0.717, 1.165) is 39.9 Å². The summed E-state index contributed by atoms with van der Waals surface area (Å²) in [6.45, 7) is 0. The van der Waals surface area contributed by atoms with Crippen molar-refractivity contribution in [3.8, 4) is 11.3 Å². The second-order valence-corrected chi connectivity index (χ2v) is 6.48. The van der Waals surface area contributed by atoms with Gasteiger partial charge in [-0.2, -0.15) is 15.3 Å². The number of fused-ring (bicyclic) bond motifs is 2. The summed E-state index contributed by atoms with van der Waals surface area (Å²) in [6.07, 6.45) is 8.33. The van der Waals surface area contributed by atoms with E-state index in [1.54, 1.807) is 4.68 Å². The molecule has 0 spiro atoms. The van der Waals surface area contributed by atoms with Crippen LogP contribution in [-0.4, -0.2) is 34.2 Å². The Morgan fingerprint density at radius 2 is 1.88 bits per heavy atom. The third-order valence-corrected chi connectivity index (χ3v) is 4.63. The van der Waals surface area contributed by atoms with Crippen molar-refractivity contribution in [3.05, 3.63) is 66.4 Å². The zero-order valence-corrected chi connectivity index (χ0v) is 14.5. The summed E-state index contributed by atoms with van der Waals surface area (Å²) in [7, 11) is 3.86. The lowest BCUT2D eigenvalue weighted by atomic mass is 10.1. The molecule has 128 valence electrons. The second kappa shape index (κ2) is 5.52. The summed E-state index contributed by atoms with van der Waals surface area (Å²) in [5.74, 6) is 0. The molecule has 0 atom stereocenters. The lowest BCUT2D eigenvalue weighted by Gasteiger charge is -2.04. The minimum Gasteiger partial charge on any atom is -0.275 e. The van der Waals surface area contributed by atoms with Gasteiger partial charge in [0, 0.05) is 37.7 Å². The number of aromatic nitrogens is 7. The Morgan fingerprint density at radius 1 is 0.962 bits per heavy atom. The Morgan fingerprint density at radius 3 is 2.73 bits per heavy atom. The average molecular weight is 343 g/mol. The molecule has 5 aromatic rings. The van der Waals surface area contributed by atoms with E-state index in [1.807, 2.05) is 60.2 Å². The summed E-state index contributed by atoms with van der Waals surface area (Å²) in [5, 5.41) is 14.4. The molecule has 0 amide bonds. The molecule has 0 fully saturated rings. The monoisotopic (exact) mass is 343 g/mol. The van der Waals surface area contributed by atoms with Crippen molar-refractivity contribution < 1.29 is 0 Å². The molecule has 0 bridgehead atoms. The zero-order valence-electron chi connectivity index (χ0n) is 14.5. The maximum Gasteiger partial charge on any atom is 0.153 e. The fraction of sp³-hybridized carbons (Fsp3) is 0.158. The van der Waals surface area contributed by atoms with E-state index >= 15 is 0 Å². The standard InChI is InChI=1S/C19H17N7/c1-24-12-15(10-21-24)17-4-6-19-20-11-16(26(19)23-17)8-13-3-5-18-14(7-13)9-22-25(18)2/h3-7,9-12H,8H2,1-2H3. The largest absolute Gasteiger partial charge is 0.275 e. The van der Waals surface area contributed by atoms with Crippen LogP contribution in [0.25, 0.3) is 27.8 Å². The SMILES string of the molecule is Cn1cc(-c2ccc3ncc(Cc4ccc5c(cnn5C)c4)n3n2)cn1. The van der Waals surface area contributed by atoms with E-state index in [-0.39, 0.29) is 0 Å². The maximum absolute atomic E-state index is 4.77. The number of hydrogen-bond donors (Lipinski definition) is 0. The molecule has 0 aliphatic rings. The van der Waals surface area contributed by atoms with E-state index in [9.17, 15) is 0 Å². The van der Waals surface area contributed by atoms with Gasteiger partial charge >= 0.3 is 0 Å². The molecule has 4 aromatic heterocycles. The van der Waals surface area contributed by atoms with Crippen LogP contribution in [0.15, 0.2) is 55.1 Å². The summed E-state index contributed by atoms with van der Waals surface area (Å²) < 4.78 is 5.57. The van der Waals surface area contributed by atoms with Crippen LogP contribution in [-0.2, 0) is 20.5 Å². The Bertz CT molecular complexity index is 1240. The molecular formula is C19H17N7. The van der Waals surface area contributed by atoms with Crippen molar-refractivity contribution in [3.63, 3.8) is 0 Å². The van der Waals surface area contributed by atoms with Crippen molar-refractivity contribution in [1.29, 1.82) is 0 Å². The predicted molar refractivity (Wildman–Crippen MR) is 98.7 cm³/mol. The number of hydrogen-bond acceptors (Lipinski definition) is 4. The van der Waals surface area contributed by atoms with Crippen molar-refractivity contribution >= 4 is 16.6 Å². The normalized spacial score (nSPS) is 11.6. The third kappa shape index (κ3) is 2.36. The predicted octanol–water partition coefficient (Wildman–Crippen LogP) is 2.61. The van der Waals surface area contributed by atoms with Crippen molar-refractivity contribution in [2.75, 3.05) is 0 Å². The highest BCUT2D eigenvalue weighted by atomic mass is 15.3. The van der Waals surface area contributed by atoms with Gasteiger partial charge in [0.1, 0.15) is 0 Å². The van der Waals surface area contributed by atoms with Crippen LogP contribution in [0.3, 0.4) is 0 Å². The van der Waals surface area contributed by atoms with Gasteiger partial charge in [0.15, 0.2) is 5.65 Å². The van der Waals surface area contributed by atoms with Gasteiger partial charge in [0.2, 0.25) is 0 Å². The lowest BCUT2D eigenvalue weighted by molar-refractivity contribution is 0.768. The first-order chi connectivity index (χ1) is 12.7. The smallest absolute Gasteiger partial charge is 0.153 e. The van der Waals surface area contributed by atoms with Crippen LogP contribution in [0.4, 0.5) is 0 Å². The first kappa shape index (κ1) is 14.8. The summed E-state index contributed by atoms with van der Waals surface area (Å²) >= 11 is 0. The first-order valence-corrected chi connectivity index (χ1v) is 8.41. The molecule has 4 heterocycles. The number of benzene rings is 1. The van der Waals surface area contributed by atoms with Crippen molar-refractivity contribution in [2.45, 2.75) is 6.42 Å². The van der Waals surface area contributed by atoms with Gasteiger partial charge in [0.05, 0.1) is 35.5 Å². The quantitative estimate of drug-likeness (QED) is 0.505. The van der Waals surface area contributed by atoms with E-state index in [4.69, 9.17) is 5.10 Å². The molecular weight excluding hydrogens is 326 g/mol. The molecule has 5 rings (SSSR count). The van der Waals surface area contributed by atoms with E-state index in [2.05, 4.69) is 33.4 Å². The van der Waals surface area contributed by atoms with Gasteiger partial charge in [-0.25, -0.2) is 9.50 Å². The minimum atomic E-state index is 0.759. The molecule has 0 aliphatic heterocycles.